The molecule has 1 aromatic carbocycles. The van der Waals surface area contributed by atoms with E-state index < -0.39 is 0 Å². The van der Waals surface area contributed by atoms with Gasteiger partial charge in [-0.05, 0) is 23.9 Å². The lowest BCUT2D eigenvalue weighted by Crippen LogP contribution is -2.16. The van der Waals surface area contributed by atoms with Crippen LogP contribution in [0.3, 0.4) is 0 Å². The first-order valence-electron chi connectivity index (χ1n) is 6.42. The Bertz CT molecular complexity index is 652. The number of aryl methyl sites for hydroxylation is 1. The number of fused-ring (bicyclic) bond motifs is 1. The van der Waals surface area contributed by atoms with Crippen molar-refractivity contribution >= 4 is 21.4 Å². The Morgan fingerprint density at radius 3 is 3.00 bits per heavy atom. The summed E-state index contributed by atoms with van der Waals surface area (Å²) in [5.41, 5.74) is 7.35. The average Bonchev–Trinajstić information content (AvgIpc) is 3.04. The number of nitrogens with two attached hydrogens (primary N) is 1. The van der Waals surface area contributed by atoms with Gasteiger partial charge in [0.2, 0.25) is 0 Å². The zero-order valence-corrected chi connectivity index (χ0v) is 11.6. The predicted octanol–water partition coefficient (Wildman–Crippen LogP) is 2.95. The van der Waals surface area contributed by atoms with Crippen molar-refractivity contribution in [3.63, 3.8) is 0 Å². The van der Waals surface area contributed by atoms with E-state index in [9.17, 15) is 0 Å². The molecule has 0 aliphatic heterocycles. The molecular formula is C14H16N4S. The van der Waals surface area contributed by atoms with E-state index in [1.807, 2.05) is 10.7 Å². The van der Waals surface area contributed by atoms with Crippen LogP contribution in [-0.2, 0) is 6.54 Å². The SMILES string of the molecule is CCCn1nncc1C(N)c1cc2ccccc2s1. The third-order valence-electron chi connectivity index (χ3n) is 3.15. The van der Waals surface area contributed by atoms with Crippen LogP contribution in [0.15, 0.2) is 36.5 Å². The largest absolute Gasteiger partial charge is 0.318 e. The third kappa shape index (κ3) is 2.27. The molecule has 0 bridgehead atoms. The topological polar surface area (TPSA) is 56.7 Å². The highest BCUT2D eigenvalue weighted by Crippen LogP contribution is 2.31. The van der Waals surface area contributed by atoms with Crippen molar-refractivity contribution in [3.05, 3.63) is 47.1 Å². The van der Waals surface area contributed by atoms with E-state index in [4.69, 9.17) is 5.73 Å². The number of thiophene rings is 1. The number of rotatable bonds is 4. The lowest BCUT2D eigenvalue weighted by Gasteiger charge is -2.10. The van der Waals surface area contributed by atoms with E-state index in [1.165, 1.54) is 10.1 Å². The van der Waals surface area contributed by atoms with Gasteiger partial charge in [0.1, 0.15) is 0 Å². The summed E-state index contributed by atoms with van der Waals surface area (Å²) >= 11 is 1.74. The summed E-state index contributed by atoms with van der Waals surface area (Å²) in [5, 5.41) is 9.32. The Balaban J connectivity index is 1.98. The second-order valence-corrected chi connectivity index (χ2v) is 5.66. The van der Waals surface area contributed by atoms with Gasteiger partial charge in [0.25, 0.3) is 0 Å². The maximum Gasteiger partial charge on any atom is 0.0833 e. The molecule has 2 heterocycles. The fourth-order valence-corrected chi connectivity index (χ4v) is 3.27. The van der Waals surface area contributed by atoms with E-state index >= 15 is 0 Å². The van der Waals surface area contributed by atoms with E-state index in [-0.39, 0.29) is 6.04 Å². The van der Waals surface area contributed by atoms with Gasteiger partial charge >= 0.3 is 0 Å². The minimum Gasteiger partial charge on any atom is -0.318 e. The molecule has 0 saturated carbocycles. The van der Waals surface area contributed by atoms with E-state index in [0.29, 0.717) is 0 Å². The van der Waals surface area contributed by atoms with Gasteiger partial charge in [-0.1, -0.05) is 30.3 Å². The van der Waals surface area contributed by atoms with Gasteiger partial charge in [0.05, 0.1) is 17.9 Å². The molecule has 1 atom stereocenters. The van der Waals surface area contributed by atoms with Crippen LogP contribution in [0.1, 0.15) is 30.0 Å². The molecule has 0 aliphatic carbocycles. The summed E-state index contributed by atoms with van der Waals surface area (Å²) in [6, 6.07) is 10.3. The van der Waals surface area contributed by atoms with Crippen LogP contribution in [0.25, 0.3) is 10.1 Å². The van der Waals surface area contributed by atoms with Crippen LogP contribution in [0.4, 0.5) is 0 Å². The van der Waals surface area contributed by atoms with Crippen LogP contribution in [0.2, 0.25) is 0 Å². The highest BCUT2D eigenvalue weighted by atomic mass is 32.1. The quantitative estimate of drug-likeness (QED) is 0.794. The number of benzene rings is 1. The molecule has 19 heavy (non-hydrogen) atoms. The average molecular weight is 272 g/mol. The first-order valence-corrected chi connectivity index (χ1v) is 7.23. The lowest BCUT2D eigenvalue weighted by atomic mass is 10.1. The molecule has 0 fully saturated rings. The molecule has 0 amide bonds. The zero-order valence-electron chi connectivity index (χ0n) is 10.8. The van der Waals surface area contributed by atoms with Crippen molar-refractivity contribution in [3.8, 4) is 0 Å². The van der Waals surface area contributed by atoms with Crippen molar-refractivity contribution in [2.24, 2.45) is 5.73 Å². The number of hydrogen-bond acceptors (Lipinski definition) is 4. The highest BCUT2D eigenvalue weighted by Gasteiger charge is 2.17. The molecule has 0 saturated heterocycles. The van der Waals surface area contributed by atoms with Crippen LogP contribution < -0.4 is 5.73 Å². The Hall–Kier alpha value is -1.72. The van der Waals surface area contributed by atoms with Crippen molar-refractivity contribution < 1.29 is 0 Å². The summed E-state index contributed by atoms with van der Waals surface area (Å²) < 4.78 is 3.16. The van der Waals surface area contributed by atoms with Crippen molar-refractivity contribution in [2.75, 3.05) is 0 Å². The molecule has 3 aromatic rings. The van der Waals surface area contributed by atoms with Gasteiger partial charge in [-0.2, -0.15) is 0 Å². The van der Waals surface area contributed by atoms with Gasteiger partial charge < -0.3 is 5.73 Å². The fraction of sp³-hybridized carbons (Fsp3) is 0.286. The van der Waals surface area contributed by atoms with Gasteiger partial charge in [-0.15, -0.1) is 16.4 Å². The summed E-state index contributed by atoms with van der Waals surface area (Å²) in [5.74, 6) is 0. The standard InChI is InChI=1S/C14H16N4S/c1-2-7-18-11(9-16-17-18)14(15)13-8-10-5-3-4-6-12(10)19-13/h3-6,8-9,14H,2,7,15H2,1H3. The molecule has 5 heteroatoms. The third-order valence-corrected chi connectivity index (χ3v) is 4.35. The van der Waals surface area contributed by atoms with E-state index in [0.717, 1.165) is 23.5 Å². The minimum absolute atomic E-state index is 0.154. The lowest BCUT2D eigenvalue weighted by molar-refractivity contribution is 0.545. The molecule has 4 nitrogen and oxygen atoms in total. The van der Waals surface area contributed by atoms with Crippen molar-refractivity contribution in [1.82, 2.24) is 15.0 Å². The van der Waals surface area contributed by atoms with Crippen LogP contribution in [0, 0.1) is 0 Å². The van der Waals surface area contributed by atoms with Gasteiger partial charge in [-0.3, -0.25) is 0 Å². The Labute approximate surface area is 115 Å². The summed E-state index contributed by atoms with van der Waals surface area (Å²) in [4.78, 5) is 1.15. The Kier molecular flexibility index (Phi) is 3.31. The zero-order chi connectivity index (χ0) is 13.2. The molecule has 0 radical (unpaired) electrons. The Morgan fingerprint density at radius 1 is 1.37 bits per heavy atom. The monoisotopic (exact) mass is 272 g/mol. The molecule has 0 aliphatic rings. The molecular weight excluding hydrogens is 256 g/mol. The predicted molar refractivity (Wildman–Crippen MR) is 78.2 cm³/mol. The maximum atomic E-state index is 6.37. The van der Waals surface area contributed by atoms with E-state index in [2.05, 4.69) is 41.5 Å². The number of hydrogen-bond donors (Lipinski definition) is 1. The second kappa shape index (κ2) is 5.11. The van der Waals surface area contributed by atoms with Gasteiger partial charge in [0.15, 0.2) is 0 Å². The highest BCUT2D eigenvalue weighted by molar-refractivity contribution is 7.19. The molecule has 2 aromatic heterocycles. The second-order valence-electron chi connectivity index (χ2n) is 4.55. The molecule has 1 unspecified atom stereocenters. The van der Waals surface area contributed by atoms with Crippen LogP contribution in [0.5, 0.6) is 0 Å². The van der Waals surface area contributed by atoms with Gasteiger partial charge in [-0.25, -0.2) is 4.68 Å². The maximum absolute atomic E-state index is 6.37. The molecule has 0 spiro atoms. The van der Waals surface area contributed by atoms with E-state index in [1.54, 1.807) is 17.5 Å². The first kappa shape index (κ1) is 12.3. The number of aromatic nitrogens is 3. The van der Waals surface area contributed by atoms with Crippen LogP contribution in [-0.4, -0.2) is 15.0 Å². The fourth-order valence-electron chi connectivity index (χ4n) is 2.19. The van der Waals surface area contributed by atoms with Crippen LogP contribution >= 0.6 is 11.3 Å². The summed E-state index contributed by atoms with van der Waals surface area (Å²) in [6.07, 6.45) is 2.79. The summed E-state index contributed by atoms with van der Waals surface area (Å²) in [7, 11) is 0. The van der Waals surface area contributed by atoms with Crippen molar-refractivity contribution in [1.29, 1.82) is 0 Å². The normalized spacial score (nSPS) is 12.9. The number of nitrogens with zero attached hydrogens (tertiary/aromatic N) is 3. The first-order chi connectivity index (χ1) is 9.29. The smallest absolute Gasteiger partial charge is 0.0833 e. The molecule has 3 rings (SSSR count). The molecule has 98 valence electrons. The van der Waals surface area contributed by atoms with Crippen molar-refractivity contribution in [2.45, 2.75) is 25.9 Å². The minimum atomic E-state index is -0.154. The Morgan fingerprint density at radius 2 is 2.21 bits per heavy atom. The summed E-state index contributed by atoms with van der Waals surface area (Å²) in [6.45, 7) is 2.98. The van der Waals surface area contributed by atoms with Gasteiger partial charge in [0, 0.05) is 16.1 Å². The molecule has 2 N–H and O–H groups in total.